The molecular formula is C16H14ClF2NO. The average Bonchev–Trinajstić information content (AvgIpc) is 2.48. The molecule has 0 aromatic heterocycles. The molecule has 1 unspecified atom stereocenters. The van der Waals surface area contributed by atoms with Crippen molar-refractivity contribution < 1.29 is 13.5 Å². The lowest BCUT2D eigenvalue weighted by atomic mass is 9.93. The van der Waals surface area contributed by atoms with Gasteiger partial charge in [-0.1, -0.05) is 29.8 Å². The summed E-state index contributed by atoms with van der Waals surface area (Å²) in [6, 6.07) is 11.3. The van der Waals surface area contributed by atoms with Crippen LogP contribution in [0.3, 0.4) is 0 Å². The van der Waals surface area contributed by atoms with Crippen LogP contribution in [0.15, 0.2) is 42.5 Å². The zero-order valence-electron chi connectivity index (χ0n) is 11.1. The molecule has 1 heterocycles. The Morgan fingerprint density at radius 3 is 2.76 bits per heavy atom. The monoisotopic (exact) mass is 309 g/mol. The Balaban J connectivity index is 1.92. The van der Waals surface area contributed by atoms with Crippen molar-refractivity contribution in [2.75, 3.05) is 0 Å². The van der Waals surface area contributed by atoms with Crippen molar-refractivity contribution in [3.05, 3.63) is 64.2 Å². The van der Waals surface area contributed by atoms with Crippen LogP contribution < -0.4 is 10.5 Å². The predicted molar refractivity (Wildman–Crippen MR) is 77.8 cm³/mol. The van der Waals surface area contributed by atoms with Crippen molar-refractivity contribution in [1.82, 2.24) is 0 Å². The number of benzene rings is 2. The van der Waals surface area contributed by atoms with Crippen LogP contribution in [0.5, 0.6) is 5.75 Å². The highest BCUT2D eigenvalue weighted by molar-refractivity contribution is 6.30. The second-order valence-electron chi connectivity index (χ2n) is 5.10. The highest BCUT2D eigenvalue weighted by Crippen LogP contribution is 2.41. The summed E-state index contributed by atoms with van der Waals surface area (Å²) in [5, 5.41) is 0.603. The molecule has 0 amide bonds. The van der Waals surface area contributed by atoms with Gasteiger partial charge >= 0.3 is 0 Å². The number of hydrogen-bond acceptors (Lipinski definition) is 2. The first-order valence-corrected chi connectivity index (χ1v) is 7.02. The zero-order chi connectivity index (χ0) is 15.0. The molecule has 1 aliphatic heterocycles. The van der Waals surface area contributed by atoms with E-state index in [1.54, 1.807) is 30.3 Å². The van der Waals surface area contributed by atoms with Gasteiger partial charge < -0.3 is 10.5 Å². The molecule has 1 aliphatic rings. The quantitative estimate of drug-likeness (QED) is 0.864. The van der Waals surface area contributed by atoms with Gasteiger partial charge in [0.05, 0.1) is 0 Å². The Bertz CT molecular complexity index is 662. The molecule has 5 heteroatoms. The first-order chi connectivity index (χ1) is 10.0. The molecule has 21 heavy (non-hydrogen) atoms. The van der Waals surface area contributed by atoms with Crippen molar-refractivity contribution in [3.8, 4) is 5.75 Å². The molecule has 2 aromatic rings. The van der Waals surface area contributed by atoms with E-state index in [-0.39, 0.29) is 17.7 Å². The van der Waals surface area contributed by atoms with Gasteiger partial charge in [0.1, 0.15) is 11.9 Å². The number of ether oxygens (including phenoxy) is 1. The van der Waals surface area contributed by atoms with E-state index >= 15 is 0 Å². The molecule has 0 saturated carbocycles. The summed E-state index contributed by atoms with van der Waals surface area (Å²) in [6.07, 6.45) is -2.29. The maximum atomic E-state index is 12.8. The van der Waals surface area contributed by atoms with Crippen LogP contribution in [0, 0.1) is 0 Å². The normalized spacial score (nSPS) is 21.0. The molecule has 110 valence electrons. The topological polar surface area (TPSA) is 35.2 Å². The van der Waals surface area contributed by atoms with Gasteiger partial charge in [-0.25, -0.2) is 8.78 Å². The van der Waals surface area contributed by atoms with E-state index < -0.39 is 6.43 Å². The van der Waals surface area contributed by atoms with Gasteiger partial charge in [0.2, 0.25) is 0 Å². The largest absolute Gasteiger partial charge is 0.485 e. The number of halogens is 3. The summed E-state index contributed by atoms with van der Waals surface area (Å²) < 4.78 is 31.5. The van der Waals surface area contributed by atoms with E-state index in [0.717, 1.165) is 5.56 Å². The summed E-state index contributed by atoms with van der Waals surface area (Å²) in [5.41, 5.74) is 7.71. The number of fused-ring (bicyclic) bond motifs is 1. The molecule has 0 radical (unpaired) electrons. The summed E-state index contributed by atoms with van der Waals surface area (Å²) in [7, 11) is 0. The number of alkyl halides is 2. The second-order valence-corrected chi connectivity index (χ2v) is 5.54. The minimum absolute atomic E-state index is 0.00780. The van der Waals surface area contributed by atoms with E-state index in [0.29, 0.717) is 22.8 Å². The van der Waals surface area contributed by atoms with E-state index in [1.165, 1.54) is 12.1 Å². The number of nitrogens with two attached hydrogens (primary N) is 1. The molecule has 2 N–H and O–H groups in total. The minimum Gasteiger partial charge on any atom is -0.485 e. The molecule has 2 aromatic carbocycles. The van der Waals surface area contributed by atoms with Crippen LogP contribution in [0.4, 0.5) is 8.78 Å². The molecule has 2 nitrogen and oxygen atoms in total. The number of rotatable bonds is 2. The van der Waals surface area contributed by atoms with Crippen molar-refractivity contribution in [3.63, 3.8) is 0 Å². The van der Waals surface area contributed by atoms with E-state index in [2.05, 4.69) is 0 Å². The minimum atomic E-state index is -2.49. The van der Waals surface area contributed by atoms with Gasteiger partial charge in [-0.15, -0.1) is 0 Å². The molecule has 0 aliphatic carbocycles. The maximum absolute atomic E-state index is 12.8. The van der Waals surface area contributed by atoms with E-state index in [4.69, 9.17) is 22.1 Å². The van der Waals surface area contributed by atoms with Crippen LogP contribution in [-0.4, -0.2) is 0 Å². The SMILES string of the molecule is N[C@H]1CC(c2cccc(C(F)F)c2)Oc2ccc(Cl)cc21. The van der Waals surface area contributed by atoms with Crippen molar-refractivity contribution in [2.24, 2.45) is 5.73 Å². The lowest BCUT2D eigenvalue weighted by molar-refractivity contribution is 0.148. The van der Waals surface area contributed by atoms with E-state index in [9.17, 15) is 8.78 Å². The molecule has 2 atom stereocenters. The summed E-state index contributed by atoms with van der Waals surface area (Å²) in [4.78, 5) is 0. The summed E-state index contributed by atoms with van der Waals surface area (Å²) >= 11 is 5.96. The Labute approximate surface area is 126 Å². The van der Waals surface area contributed by atoms with Gasteiger partial charge in [-0.3, -0.25) is 0 Å². The smallest absolute Gasteiger partial charge is 0.263 e. The summed E-state index contributed by atoms with van der Waals surface area (Å²) in [5.74, 6) is 0.658. The van der Waals surface area contributed by atoms with Crippen molar-refractivity contribution in [2.45, 2.75) is 25.0 Å². The van der Waals surface area contributed by atoms with Crippen molar-refractivity contribution in [1.29, 1.82) is 0 Å². The van der Waals surface area contributed by atoms with Gasteiger partial charge in [-0.2, -0.15) is 0 Å². The van der Waals surface area contributed by atoms with Gasteiger partial charge in [-0.05, 0) is 29.8 Å². The Morgan fingerprint density at radius 2 is 2.00 bits per heavy atom. The Morgan fingerprint density at radius 1 is 1.19 bits per heavy atom. The van der Waals surface area contributed by atoms with Crippen LogP contribution >= 0.6 is 11.6 Å². The third-order valence-corrected chi connectivity index (χ3v) is 3.88. The lowest BCUT2D eigenvalue weighted by Crippen LogP contribution is -2.24. The first kappa shape index (κ1) is 14.3. The second kappa shape index (κ2) is 5.62. The van der Waals surface area contributed by atoms with Gasteiger partial charge in [0.25, 0.3) is 6.43 Å². The zero-order valence-corrected chi connectivity index (χ0v) is 11.9. The molecule has 3 rings (SSSR count). The van der Waals surface area contributed by atoms with Crippen LogP contribution in [0.25, 0.3) is 0 Å². The van der Waals surface area contributed by atoms with Gasteiger partial charge in [0, 0.05) is 28.6 Å². The molecular weight excluding hydrogens is 296 g/mol. The van der Waals surface area contributed by atoms with E-state index in [1.807, 2.05) is 0 Å². The highest BCUT2D eigenvalue weighted by Gasteiger charge is 2.27. The standard InChI is InChI=1S/C16H14ClF2NO/c17-11-4-5-14-12(7-11)13(20)8-15(21-14)9-2-1-3-10(6-9)16(18)19/h1-7,13,15-16H,8,20H2/t13-,15?/m0/s1. The Kier molecular flexibility index (Phi) is 3.83. The molecule has 0 bridgehead atoms. The van der Waals surface area contributed by atoms with Crippen molar-refractivity contribution >= 4 is 11.6 Å². The predicted octanol–water partition coefficient (Wildman–Crippen LogP) is 4.80. The van der Waals surface area contributed by atoms with Crippen LogP contribution in [-0.2, 0) is 0 Å². The third kappa shape index (κ3) is 2.87. The van der Waals surface area contributed by atoms with Crippen LogP contribution in [0.1, 0.15) is 41.7 Å². The highest BCUT2D eigenvalue weighted by atomic mass is 35.5. The molecule has 0 saturated heterocycles. The molecule has 0 fully saturated rings. The average molecular weight is 310 g/mol. The fourth-order valence-electron chi connectivity index (χ4n) is 2.57. The number of hydrogen-bond donors (Lipinski definition) is 1. The van der Waals surface area contributed by atoms with Gasteiger partial charge in [0.15, 0.2) is 0 Å². The van der Waals surface area contributed by atoms with Crippen LogP contribution in [0.2, 0.25) is 5.02 Å². The third-order valence-electron chi connectivity index (χ3n) is 3.64. The maximum Gasteiger partial charge on any atom is 0.263 e. The Hall–Kier alpha value is -1.65. The first-order valence-electron chi connectivity index (χ1n) is 6.64. The fraction of sp³-hybridized carbons (Fsp3) is 0.250. The lowest BCUT2D eigenvalue weighted by Gasteiger charge is -2.31. The fourth-order valence-corrected chi connectivity index (χ4v) is 2.76. The molecule has 0 spiro atoms. The summed E-state index contributed by atoms with van der Waals surface area (Å²) in [6.45, 7) is 0.